The van der Waals surface area contributed by atoms with Crippen LogP contribution in [0.4, 0.5) is 5.69 Å². The molecule has 1 aromatic carbocycles. The van der Waals surface area contributed by atoms with Gasteiger partial charge in [-0.2, -0.15) is 0 Å². The van der Waals surface area contributed by atoms with E-state index in [1.807, 2.05) is 4.90 Å². The lowest BCUT2D eigenvalue weighted by Crippen LogP contribution is -2.45. The van der Waals surface area contributed by atoms with E-state index in [9.17, 15) is 14.9 Å². The predicted molar refractivity (Wildman–Crippen MR) is 83.4 cm³/mol. The van der Waals surface area contributed by atoms with Crippen molar-refractivity contribution in [3.05, 3.63) is 39.9 Å². The lowest BCUT2D eigenvalue weighted by atomic mass is 9.75. The molecule has 2 aliphatic rings. The van der Waals surface area contributed by atoms with Gasteiger partial charge in [-0.1, -0.05) is 31.4 Å². The highest BCUT2D eigenvalue weighted by molar-refractivity contribution is 5.79. The number of piperidine rings is 1. The number of carbonyl (C=O) groups is 1. The zero-order valence-corrected chi connectivity index (χ0v) is 12.7. The Bertz CT molecular complexity index is 556. The van der Waals surface area contributed by atoms with Crippen LogP contribution in [-0.2, 0) is 11.2 Å². The van der Waals surface area contributed by atoms with E-state index in [-0.39, 0.29) is 11.6 Å². The van der Waals surface area contributed by atoms with E-state index >= 15 is 0 Å². The van der Waals surface area contributed by atoms with Crippen LogP contribution in [0.5, 0.6) is 0 Å². The molecule has 0 spiro atoms. The number of fused-ring (bicyclic) bond motifs is 1. The van der Waals surface area contributed by atoms with Crippen molar-refractivity contribution in [3.63, 3.8) is 0 Å². The second-order valence-corrected chi connectivity index (χ2v) is 6.53. The van der Waals surface area contributed by atoms with Crippen LogP contribution < -0.4 is 0 Å². The highest BCUT2D eigenvalue weighted by Gasteiger charge is 2.32. The van der Waals surface area contributed by atoms with Crippen molar-refractivity contribution in [2.45, 2.75) is 38.5 Å². The Hall–Kier alpha value is -1.91. The molecule has 0 unspecified atom stereocenters. The molecule has 5 nitrogen and oxygen atoms in total. The number of amides is 1. The molecule has 3 rings (SSSR count). The van der Waals surface area contributed by atoms with Crippen molar-refractivity contribution in [2.24, 2.45) is 11.8 Å². The maximum absolute atomic E-state index is 12.5. The van der Waals surface area contributed by atoms with Gasteiger partial charge in [0.25, 0.3) is 5.69 Å². The topological polar surface area (TPSA) is 63.4 Å². The summed E-state index contributed by atoms with van der Waals surface area (Å²) in [6.07, 6.45) is 6.70. The number of hydrogen-bond donors (Lipinski definition) is 0. The van der Waals surface area contributed by atoms with Crippen LogP contribution in [0.25, 0.3) is 0 Å². The van der Waals surface area contributed by atoms with Gasteiger partial charge in [-0.3, -0.25) is 14.9 Å². The summed E-state index contributed by atoms with van der Waals surface area (Å²) < 4.78 is 0. The Kier molecular flexibility index (Phi) is 4.41. The first-order valence-corrected chi connectivity index (χ1v) is 8.14. The maximum atomic E-state index is 12.5. The standard InChI is InChI=1S/C17H22N2O3/c20-17(11-13-5-7-16(8-6-13)19(21)22)18-10-9-14-3-1-2-4-15(14)12-18/h5-8,14-15H,1-4,9-12H2/t14-,15+/m1/s1. The molecular weight excluding hydrogens is 280 g/mol. The summed E-state index contributed by atoms with van der Waals surface area (Å²) >= 11 is 0. The molecule has 2 fully saturated rings. The molecular formula is C17H22N2O3. The Morgan fingerprint density at radius 1 is 1.14 bits per heavy atom. The lowest BCUT2D eigenvalue weighted by Gasteiger charge is -2.41. The van der Waals surface area contributed by atoms with Gasteiger partial charge >= 0.3 is 0 Å². The number of nitro benzene ring substituents is 1. The highest BCUT2D eigenvalue weighted by Crippen LogP contribution is 2.36. The first-order chi connectivity index (χ1) is 10.6. The molecule has 1 aliphatic heterocycles. The minimum absolute atomic E-state index is 0.0687. The van der Waals surface area contributed by atoms with E-state index in [1.165, 1.54) is 37.8 Å². The number of nitro groups is 1. The van der Waals surface area contributed by atoms with Gasteiger partial charge < -0.3 is 4.90 Å². The Morgan fingerprint density at radius 3 is 2.50 bits per heavy atom. The van der Waals surface area contributed by atoms with Crippen molar-refractivity contribution in [2.75, 3.05) is 13.1 Å². The predicted octanol–water partition coefficient (Wildman–Crippen LogP) is 3.18. The number of non-ortho nitro benzene ring substituents is 1. The van der Waals surface area contributed by atoms with E-state index in [1.54, 1.807) is 12.1 Å². The van der Waals surface area contributed by atoms with Crippen molar-refractivity contribution < 1.29 is 9.72 Å². The SMILES string of the molecule is O=C(Cc1ccc([N+](=O)[O-])cc1)N1CC[C@H]2CCCC[C@H]2C1. The van der Waals surface area contributed by atoms with Crippen LogP contribution in [0.15, 0.2) is 24.3 Å². The van der Waals surface area contributed by atoms with Crippen LogP contribution in [-0.4, -0.2) is 28.8 Å². The Balaban J connectivity index is 1.58. The van der Waals surface area contributed by atoms with Gasteiger partial charge in [-0.25, -0.2) is 0 Å². The number of carbonyl (C=O) groups excluding carboxylic acids is 1. The van der Waals surface area contributed by atoms with E-state index in [0.29, 0.717) is 12.3 Å². The second kappa shape index (κ2) is 6.46. The summed E-state index contributed by atoms with van der Waals surface area (Å²) in [6, 6.07) is 6.30. The quantitative estimate of drug-likeness (QED) is 0.636. The van der Waals surface area contributed by atoms with Gasteiger partial charge in [0.1, 0.15) is 0 Å². The molecule has 0 bridgehead atoms. The molecule has 118 valence electrons. The number of benzene rings is 1. The highest BCUT2D eigenvalue weighted by atomic mass is 16.6. The minimum Gasteiger partial charge on any atom is -0.342 e. The van der Waals surface area contributed by atoms with Gasteiger partial charge in [0.05, 0.1) is 11.3 Å². The van der Waals surface area contributed by atoms with Crippen LogP contribution in [0.2, 0.25) is 0 Å². The first kappa shape index (κ1) is 15.0. The van der Waals surface area contributed by atoms with E-state index in [0.717, 1.165) is 31.0 Å². The summed E-state index contributed by atoms with van der Waals surface area (Å²) in [6.45, 7) is 1.77. The summed E-state index contributed by atoms with van der Waals surface area (Å²) in [5.74, 6) is 1.65. The fourth-order valence-corrected chi connectivity index (χ4v) is 3.85. The molecule has 22 heavy (non-hydrogen) atoms. The van der Waals surface area contributed by atoms with Crippen LogP contribution in [0, 0.1) is 22.0 Å². The molecule has 1 saturated heterocycles. The molecule has 0 aromatic heterocycles. The van der Waals surface area contributed by atoms with Gasteiger partial charge in [-0.15, -0.1) is 0 Å². The average Bonchev–Trinajstić information content (AvgIpc) is 2.55. The van der Waals surface area contributed by atoms with Gasteiger partial charge in [0.15, 0.2) is 0 Å². The normalized spacial score (nSPS) is 24.6. The van der Waals surface area contributed by atoms with E-state index < -0.39 is 4.92 Å². The van der Waals surface area contributed by atoms with Crippen molar-refractivity contribution in [1.82, 2.24) is 4.90 Å². The molecule has 0 radical (unpaired) electrons. The molecule has 1 amide bonds. The average molecular weight is 302 g/mol. The smallest absolute Gasteiger partial charge is 0.269 e. The van der Waals surface area contributed by atoms with Crippen molar-refractivity contribution in [1.29, 1.82) is 0 Å². The zero-order chi connectivity index (χ0) is 15.5. The third kappa shape index (κ3) is 3.29. The zero-order valence-electron chi connectivity index (χ0n) is 12.7. The van der Waals surface area contributed by atoms with Crippen molar-refractivity contribution in [3.8, 4) is 0 Å². The summed E-state index contributed by atoms with van der Waals surface area (Å²) in [5, 5.41) is 10.6. The fraction of sp³-hybridized carbons (Fsp3) is 0.588. The maximum Gasteiger partial charge on any atom is 0.269 e. The number of nitrogens with zero attached hydrogens (tertiary/aromatic N) is 2. The van der Waals surface area contributed by atoms with Crippen LogP contribution in [0.3, 0.4) is 0 Å². The second-order valence-electron chi connectivity index (χ2n) is 6.53. The van der Waals surface area contributed by atoms with Gasteiger partial charge in [-0.05, 0) is 30.2 Å². The summed E-state index contributed by atoms with van der Waals surface area (Å²) in [7, 11) is 0. The lowest BCUT2D eigenvalue weighted by molar-refractivity contribution is -0.384. The largest absolute Gasteiger partial charge is 0.342 e. The fourth-order valence-electron chi connectivity index (χ4n) is 3.85. The van der Waals surface area contributed by atoms with Gasteiger partial charge in [0, 0.05) is 25.2 Å². The number of likely N-dealkylation sites (tertiary alicyclic amines) is 1. The number of hydrogen-bond acceptors (Lipinski definition) is 3. The minimum atomic E-state index is -0.417. The van der Waals surface area contributed by atoms with E-state index in [4.69, 9.17) is 0 Å². The number of rotatable bonds is 3. The van der Waals surface area contributed by atoms with Crippen LogP contribution in [0.1, 0.15) is 37.7 Å². The third-order valence-electron chi connectivity index (χ3n) is 5.15. The summed E-state index contributed by atoms with van der Waals surface area (Å²) in [4.78, 5) is 24.7. The van der Waals surface area contributed by atoms with Gasteiger partial charge in [0.2, 0.25) is 5.91 Å². The molecule has 2 atom stereocenters. The summed E-state index contributed by atoms with van der Waals surface area (Å²) in [5.41, 5.74) is 0.917. The third-order valence-corrected chi connectivity index (χ3v) is 5.15. The molecule has 1 saturated carbocycles. The van der Waals surface area contributed by atoms with Crippen LogP contribution >= 0.6 is 0 Å². The van der Waals surface area contributed by atoms with Crippen molar-refractivity contribution >= 4 is 11.6 Å². The van der Waals surface area contributed by atoms with E-state index in [2.05, 4.69) is 0 Å². The molecule has 1 heterocycles. The monoisotopic (exact) mass is 302 g/mol. The molecule has 5 heteroatoms. The molecule has 0 N–H and O–H groups in total. The molecule has 1 aliphatic carbocycles. The first-order valence-electron chi connectivity index (χ1n) is 8.14. The molecule has 1 aromatic rings. The Labute approximate surface area is 130 Å². The Morgan fingerprint density at radius 2 is 1.82 bits per heavy atom.